The van der Waals surface area contributed by atoms with Crippen molar-refractivity contribution in [3.05, 3.63) is 46.5 Å². The van der Waals surface area contributed by atoms with Crippen molar-refractivity contribution in [2.24, 2.45) is 0 Å². The van der Waals surface area contributed by atoms with Crippen LogP contribution < -0.4 is 24.3 Å². The van der Waals surface area contributed by atoms with E-state index in [1.807, 2.05) is 18.2 Å². The van der Waals surface area contributed by atoms with Crippen LogP contribution in [0.3, 0.4) is 0 Å². The number of unbranched alkanes of at least 4 members (excludes halogenated alkanes) is 7. The topological polar surface area (TPSA) is 49.0 Å². The number of rotatable bonds is 17. The van der Waals surface area contributed by atoms with E-state index in [0.717, 1.165) is 35.7 Å². The molecule has 0 bridgehead atoms. The first kappa shape index (κ1) is 27.1. The number of benzene rings is 2. The van der Waals surface area contributed by atoms with Crippen molar-refractivity contribution >= 4 is 11.6 Å². The number of methoxy groups -OCH3 is 3. The van der Waals surface area contributed by atoms with Gasteiger partial charge in [-0.05, 0) is 35.7 Å². The smallest absolute Gasteiger partial charge is 0.162 e. The third kappa shape index (κ3) is 9.34. The van der Waals surface area contributed by atoms with E-state index in [2.05, 4.69) is 18.3 Å². The van der Waals surface area contributed by atoms with Gasteiger partial charge in [0.25, 0.3) is 0 Å². The normalized spacial score (nSPS) is 10.8. The SMILES string of the molecule is CCCCCCCCCCOc1ccc(CNCc2cc(OC)c(OC)cc2Cl)cc1OC. The number of ether oxygens (including phenoxy) is 4. The van der Waals surface area contributed by atoms with E-state index in [1.54, 1.807) is 27.4 Å². The highest BCUT2D eigenvalue weighted by Gasteiger charge is 2.10. The molecule has 0 heterocycles. The molecule has 184 valence electrons. The van der Waals surface area contributed by atoms with Crippen molar-refractivity contribution in [3.63, 3.8) is 0 Å². The highest BCUT2D eigenvalue weighted by molar-refractivity contribution is 6.31. The molecule has 2 rings (SSSR count). The van der Waals surface area contributed by atoms with Gasteiger partial charge in [-0.15, -0.1) is 0 Å². The lowest BCUT2D eigenvalue weighted by molar-refractivity contribution is 0.284. The minimum absolute atomic E-state index is 0.609. The van der Waals surface area contributed by atoms with Crippen molar-refractivity contribution in [1.29, 1.82) is 0 Å². The lowest BCUT2D eigenvalue weighted by Gasteiger charge is -2.14. The van der Waals surface area contributed by atoms with Crippen LogP contribution in [0.25, 0.3) is 0 Å². The Morgan fingerprint density at radius 2 is 1.30 bits per heavy atom. The van der Waals surface area contributed by atoms with E-state index in [9.17, 15) is 0 Å². The molecule has 2 aromatic rings. The molecule has 0 aliphatic carbocycles. The van der Waals surface area contributed by atoms with Gasteiger partial charge in [0.1, 0.15) is 0 Å². The summed E-state index contributed by atoms with van der Waals surface area (Å²) in [4.78, 5) is 0. The Morgan fingerprint density at radius 3 is 1.97 bits per heavy atom. The van der Waals surface area contributed by atoms with Gasteiger partial charge in [-0.3, -0.25) is 0 Å². The fourth-order valence-electron chi connectivity index (χ4n) is 3.73. The first-order valence-corrected chi connectivity index (χ1v) is 12.4. The summed E-state index contributed by atoms with van der Waals surface area (Å²) >= 11 is 6.38. The van der Waals surface area contributed by atoms with Crippen LogP contribution in [0.15, 0.2) is 30.3 Å². The Hall–Kier alpha value is -2.11. The summed E-state index contributed by atoms with van der Waals surface area (Å²) < 4.78 is 22.2. The highest BCUT2D eigenvalue weighted by atomic mass is 35.5. The Kier molecular flexibility index (Phi) is 12.9. The molecule has 0 saturated heterocycles. The lowest BCUT2D eigenvalue weighted by atomic mass is 10.1. The maximum absolute atomic E-state index is 6.38. The maximum atomic E-state index is 6.38. The van der Waals surface area contributed by atoms with Gasteiger partial charge in [-0.2, -0.15) is 0 Å². The molecule has 1 N–H and O–H groups in total. The molecule has 5 nitrogen and oxygen atoms in total. The van der Waals surface area contributed by atoms with Crippen LogP contribution in [0.2, 0.25) is 5.02 Å². The molecule has 0 aromatic heterocycles. The number of nitrogens with one attached hydrogen (secondary N) is 1. The summed E-state index contributed by atoms with van der Waals surface area (Å²) in [5.41, 5.74) is 2.06. The van der Waals surface area contributed by atoms with Gasteiger partial charge < -0.3 is 24.3 Å². The molecule has 0 radical (unpaired) electrons. The van der Waals surface area contributed by atoms with Crippen LogP contribution in [0.1, 0.15) is 69.4 Å². The molecular formula is C27H40ClNO4. The Bertz CT molecular complexity index is 828. The molecule has 0 fully saturated rings. The van der Waals surface area contributed by atoms with Crippen LogP contribution in [-0.2, 0) is 13.1 Å². The van der Waals surface area contributed by atoms with Gasteiger partial charge in [0.2, 0.25) is 0 Å². The first-order valence-electron chi connectivity index (χ1n) is 12.0. The maximum Gasteiger partial charge on any atom is 0.162 e. The minimum Gasteiger partial charge on any atom is -0.493 e. The highest BCUT2D eigenvalue weighted by Crippen LogP contribution is 2.33. The summed E-state index contributed by atoms with van der Waals surface area (Å²) in [6.45, 7) is 4.27. The van der Waals surface area contributed by atoms with E-state index in [4.69, 9.17) is 30.5 Å². The Morgan fingerprint density at radius 1 is 0.697 bits per heavy atom. The fraction of sp³-hybridized carbons (Fsp3) is 0.556. The van der Waals surface area contributed by atoms with Crippen LogP contribution in [0, 0.1) is 0 Å². The first-order chi connectivity index (χ1) is 16.1. The molecule has 0 spiro atoms. The van der Waals surface area contributed by atoms with Crippen molar-refractivity contribution in [3.8, 4) is 23.0 Å². The van der Waals surface area contributed by atoms with Crippen LogP contribution >= 0.6 is 11.6 Å². The zero-order valence-electron chi connectivity index (χ0n) is 20.7. The third-order valence-electron chi connectivity index (χ3n) is 5.68. The largest absolute Gasteiger partial charge is 0.493 e. The molecule has 0 unspecified atom stereocenters. The van der Waals surface area contributed by atoms with Gasteiger partial charge in [0, 0.05) is 24.2 Å². The average Bonchev–Trinajstić information content (AvgIpc) is 2.84. The number of hydrogen-bond acceptors (Lipinski definition) is 5. The molecular weight excluding hydrogens is 438 g/mol. The predicted molar refractivity (Wildman–Crippen MR) is 136 cm³/mol. The van der Waals surface area contributed by atoms with E-state index in [0.29, 0.717) is 29.6 Å². The van der Waals surface area contributed by atoms with Gasteiger partial charge in [0.15, 0.2) is 23.0 Å². The summed E-state index contributed by atoms with van der Waals surface area (Å²) in [5, 5.41) is 4.07. The Labute approximate surface area is 204 Å². The number of halogens is 1. The van der Waals surface area contributed by atoms with Crippen LogP contribution in [-0.4, -0.2) is 27.9 Å². The lowest BCUT2D eigenvalue weighted by Crippen LogP contribution is -2.13. The van der Waals surface area contributed by atoms with Crippen molar-refractivity contribution in [2.75, 3.05) is 27.9 Å². The molecule has 0 aliphatic heterocycles. The van der Waals surface area contributed by atoms with E-state index in [-0.39, 0.29) is 0 Å². The van der Waals surface area contributed by atoms with E-state index in [1.165, 1.54) is 44.9 Å². The summed E-state index contributed by atoms with van der Waals surface area (Å²) in [7, 11) is 4.90. The molecule has 0 atom stereocenters. The molecule has 2 aromatic carbocycles. The molecule has 0 amide bonds. The summed E-state index contributed by atoms with van der Waals surface area (Å²) in [6.07, 6.45) is 10.3. The molecule has 6 heteroatoms. The second kappa shape index (κ2) is 15.7. The van der Waals surface area contributed by atoms with Crippen molar-refractivity contribution in [1.82, 2.24) is 5.32 Å². The fourth-order valence-corrected chi connectivity index (χ4v) is 3.95. The zero-order chi connectivity index (χ0) is 23.9. The quantitative estimate of drug-likeness (QED) is 0.244. The Balaban J connectivity index is 1.78. The average molecular weight is 478 g/mol. The van der Waals surface area contributed by atoms with E-state index >= 15 is 0 Å². The summed E-state index contributed by atoms with van der Waals surface area (Å²) in [5.74, 6) is 2.85. The molecule has 33 heavy (non-hydrogen) atoms. The summed E-state index contributed by atoms with van der Waals surface area (Å²) in [6, 6.07) is 9.75. The molecule has 0 saturated carbocycles. The van der Waals surface area contributed by atoms with Crippen LogP contribution in [0.4, 0.5) is 0 Å². The van der Waals surface area contributed by atoms with Crippen LogP contribution in [0.5, 0.6) is 23.0 Å². The molecule has 0 aliphatic rings. The van der Waals surface area contributed by atoms with E-state index < -0.39 is 0 Å². The zero-order valence-corrected chi connectivity index (χ0v) is 21.4. The second-order valence-electron chi connectivity index (χ2n) is 8.21. The third-order valence-corrected chi connectivity index (χ3v) is 6.03. The standard InChI is InChI=1S/C27H40ClNO4/c1-5-6-7-8-9-10-11-12-15-33-24-14-13-21(16-25(24)30-2)19-29-20-22-17-26(31-3)27(32-4)18-23(22)28/h13-14,16-18,29H,5-12,15,19-20H2,1-4H3. The van der Waals surface area contributed by atoms with Crippen molar-refractivity contribution < 1.29 is 18.9 Å². The van der Waals surface area contributed by atoms with Gasteiger partial charge >= 0.3 is 0 Å². The second-order valence-corrected chi connectivity index (χ2v) is 8.62. The van der Waals surface area contributed by atoms with Gasteiger partial charge in [-0.1, -0.05) is 69.5 Å². The van der Waals surface area contributed by atoms with Gasteiger partial charge in [-0.25, -0.2) is 0 Å². The monoisotopic (exact) mass is 477 g/mol. The minimum atomic E-state index is 0.609. The van der Waals surface area contributed by atoms with Gasteiger partial charge in [0.05, 0.1) is 27.9 Å². The predicted octanol–water partition coefficient (Wildman–Crippen LogP) is 7.18. The van der Waals surface area contributed by atoms with Crippen molar-refractivity contribution in [2.45, 2.75) is 71.4 Å². The number of hydrogen-bond donors (Lipinski definition) is 1.